The molecule has 1 fully saturated rings. The summed E-state index contributed by atoms with van der Waals surface area (Å²) in [5.74, 6) is -0.763. The van der Waals surface area contributed by atoms with Gasteiger partial charge in [0.25, 0.3) is 0 Å². The van der Waals surface area contributed by atoms with Crippen molar-refractivity contribution in [1.29, 1.82) is 0 Å². The van der Waals surface area contributed by atoms with Crippen LogP contribution in [0.25, 0.3) is 0 Å². The van der Waals surface area contributed by atoms with E-state index in [2.05, 4.69) is 30.4 Å². The quantitative estimate of drug-likeness (QED) is 0.423. The third kappa shape index (κ3) is 10.9. The van der Waals surface area contributed by atoms with E-state index in [1.807, 2.05) is 25.2 Å². The summed E-state index contributed by atoms with van der Waals surface area (Å²) in [5.41, 5.74) is 0. The Hall–Kier alpha value is -1.69. The molecule has 1 heterocycles. The van der Waals surface area contributed by atoms with Gasteiger partial charge in [-0.15, -0.1) is 0 Å². The molecule has 1 saturated heterocycles. The van der Waals surface area contributed by atoms with E-state index in [1.165, 1.54) is 0 Å². The van der Waals surface area contributed by atoms with Crippen LogP contribution >= 0.6 is 0 Å². The molecular weight excluding hydrogens is 344 g/mol. The van der Waals surface area contributed by atoms with Crippen LogP contribution < -0.4 is 0 Å². The van der Waals surface area contributed by atoms with Crippen molar-refractivity contribution >= 4 is 5.97 Å². The van der Waals surface area contributed by atoms with Crippen LogP contribution in [0.3, 0.4) is 0 Å². The summed E-state index contributed by atoms with van der Waals surface area (Å²) >= 11 is 0. The third-order valence-electron chi connectivity index (χ3n) is 4.48. The van der Waals surface area contributed by atoms with E-state index in [4.69, 9.17) is 9.84 Å². The van der Waals surface area contributed by atoms with Crippen LogP contribution in [0.4, 0.5) is 0 Å². The number of allylic oxidation sites excluding steroid dienone is 7. The molecule has 0 aromatic carbocycles. The molecule has 1 rings (SSSR count). The van der Waals surface area contributed by atoms with Crippen LogP contribution in [-0.4, -0.2) is 45.7 Å². The van der Waals surface area contributed by atoms with Gasteiger partial charge >= 0.3 is 5.97 Å². The number of hydrogen-bond donors (Lipinski definition) is 3. The lowest BCUT2D eigenvalue weighted by atomic mass is 10.0. The van der Waals surface area contributed by atoms with Crippen molar-refractivity contribution in [2.24, 2.45) is 0 Å². The van der Waals surface area contributed by atoms with Gasteiger partial charge in [0.1, 0.15) is 0 Å². The maximum Gasteiger partial charge on any atom is 0.303 e. The predicted octanol–water partition coefficient (Wildman–Crippen LogP) is 3.93. The molecule has 4 atom stereocenters. The van der Waals surface area contributed by atoms with E-state index in [-0.39, 0.29) is 18.6 Å². The molecule has 0 saturated carbocycles. The molecule has 0 aromatic heterocycles. The molecule has 0 aromatic rings. The Balaban J connectivity index is 2.08. The highest BCUT2D eigenvalue weighted by molar-refractivity contribution is 5.66. The zero-order chi connectivity index (χ0) is 19.9. The molecule has 3 N–H and O–H groups in total. The van der Waals surface area contributed by atoms with Crippen LogP contribution in [0.1, 0.15) is 58.3 Å². The Kier molecular flexibility index (Phi) is 12.4. The molecule has 5 nitrogen and oxygen atoms in total. The van der Waals surface area contributed by atoms with Gasteiger partial charge in [-0.05, 0) is 38.5 Å². The lowest BCUT2D eigenvalue weighted by Gasteiger charge is -2.16. The van der Waals surface area contributed by atoms with Crippen molar-refractivity contribution in [2.45, 2.75) is 82.7 Å². The second-order valence-corrected chi connectivity index (χ2v) is 6.75. The standard InChI is InChI=1S/C22H34O5/c1-2-18(23)21-17-19(24)20(27-21)15-13-11-9-7-5-3-4-6-8-10-12-14-16-22(25)26/h4-7,10-13,18-21,23-24H,2-3,8-9,14-17H2,1H3,(H,25,26). The highest BCUT2D eigenvalue weighted by Crippen LogP contribution is 2.26. The highest BCUT2D eigenvalue weighted by atomic mass is 16.5. The number of carbonyl (C=O) groups is 1. The summed E-state index contributed by atoms with van der Waals surface area (Å²) in [6.07, 6.45) is 20.0. The number of hydrogen-bond acceptors (Lipinski definition) is 4. The molecule has 0 aliphatic carbocycles. The Morgan fingerprint density at radius 2 is 1.59 bits per heavy atom. The zero-order valence-electron chi connectivity index (χ0n) is 16.2. The highest BCUT2D eigenvalue weighted by Gasteiger charge is 2.36. The number of aliphatic hydroxyl groups is 2. The SMILES string of the molecule is CCC(O)C1CC(O)C(CC=CCC=CCC=CCC=CCCC(=O)O)O1. The van der Waals surface area contributed by atoms with Crippen LogP contribution in [0, 0.1) is 0 Å². The molecule has 1 aliphatic rings. The minimum atomic E-state index is -0.763. The zero-order valence-corrected chi connectivity index (χ0v) is 16.2. The van der Waals surface area contributed by atoms with Gasteiger partial charge in [-0.25, -0.2) is 0 Å². The topological polar surface area (TPSA) is 87.0 Å². The van der Waals surface area contributed by atoms with Gasteiger partial charge < -0.3 is 20.1 Å². The Morgan fingerprint density at radius 3 is 2.15 bits per heavy atom. The van der Waals surface area contributed by atoms with E-state index < -0.39 is 18.2 Å². The first-order valence-electron chi connectivity index (χ1n) is 9.88. The Bertz CT molecular complexity index is 521. The maximum absolute atomic E-state index is 10.3. The van der Waals surface area contributed by atoms with E-state index in [0.29, 0.717) is 25.7 Å². The maximum atomic E-state index is 10.3. The third-order valence-corrected chi connectivity index (χ3v) is 4.48. The van der Waals surface area contributed by atoms with Crippen LogP contribution in [0.5, 0.6) is 0 Å². The fourth-order valence-electron chi connectivity index (χ4n) is 2.85. The van der Waals surface area contributed by atoms with Crippen molar-refractivity contribution in [3.63, 3.8) is 0 Å². The molecular formula is C22H34O5. The molecule has 5 heteroatoms. The smallest absolute Gasteiger partial charge is 0.303 e. The molecule has 0 spiro atoms. The molecule has 0 bridgehead atoms. The van der Waals surface area contributed by atoms with Crippen LogP contribution in [0.2, 0.25) is 0 Å². The fourth-order valence-corrected chi connectivity index (χ4v) is 2.85. The molecule has 27 heavy (non-hydrogen) atoms. The molecule has 4 unspecified atom stereocenters. The lowest BCUT2D eigenvalue weighted by Crippen LogP contribution is -2.25. The first kappa shape index (κ1) is 23.3. The lowest BCUT2D eigenvalue weighted by molar-refractivity contribution is -0.136. The Morgan fingerprint density at radius 1 is 1.04 bits per heavy atom. The molecule has 0 amide bonds. The molecule has 1 aliphatic heterocycles. The van der Waals surface area contributed by atoms with Crippen molar-refractivity contribution in [2.75, 3.05) is 0 Å². The number of aliphatic carboxylic acids is 1. The number of carboxylic acid groups (broad SMARTS) is 1. The normalized spacial score (nSPS) is 24.8. The fraction of sp³-hybridized carbons (Fsp3) is 0.591. The number of carboxylic acids is 1. The van der Waals surface area contributed by atoms with E-state index >= 15 is 0 Å². The second kappa shape index (κ2) is 14.4. The summed E-state index contributed by atoms with van der Waals surface area (Å²) in [7, 11) is 0. The monoisotopic (exact) mass is 378 g/mol. The van der Waals surface area contributed by atoms with Crippen molar-refractivity contribution in [3.8, 4) is 0 Å². The van der Waals surface area contributed by atoms with E-state index in [9.17, 15) is 15.0 Å². The van der Waals surface area contributed by atoms with E-state index in [0.717, 1.165) is 19.3 Å². The van der Waals surface area contributed by atoms with Crippen molar-refractivity contribution < 1.29 is 24.9 Å². The van der Waals surface area contributed by atoms with Crippen molar-refractivity contribution in [1.82, 2.24) is 0 Å². The van der Waals surface area contributed by atoms with Crippen LogP contribution in [0.15, 0.2) is 48.6 Å². The molecule has 0 radical (unpaired) electrons. The summed E-state index contributed by atoms with van der Waals surface area (Å²) in [5, 5.41) is 28.3. The average Bonchev–Trinajstić information content (AvgIpc) is 3.01. The van der Waals surface area contributed by atoms with Gasteiger partial charge in [0, 0.05) is 12.8 Å². The largest absolute Gasteiger partial charge is 0.481 e. The van der Waals surface area contributed by atoms with Crippen LogP contribution in [-0.2, 0) is 9.53 Å². The molecule has 152 valence electrons. The van der Waals surface area contributed by atoms with Gasteiger partial charge in [-0.2, -0.15) is 0 Å². The predicted molar refractivity (Wildman–Crippen MR) is 107 cm³/mol. The summed E-state index contributed by atoms with van der Waals surface area (Å²) < 4.78 is 5.73. The first-order chi connectivity index (χ1) is 13.0. The van der Waals surface area contributed by atoms with Gasteiger partial charge in [0.2, 0.25) is 0 Å². The summed E-state index contributed by atoms with van der Waals surface area (Å²) in [6.45, 7) is 1.91. The minimum absolute atomic E-state index is 0.184. The number of ether oxygens (including phenoxy) is 1. The average molecular weight is 379 g/mol. The van der Waals surface area contributed by atoms with Gasteiger partial charge in [-0.3, -0.25) is 4.79 Å². The first-order valence-corrected chi connectivity index (χ1v) is 9.88. The summed E-state index contributed by atoms with van der Waals surface area (Å²) in [4.78, 5) is 10.3. The second-order valence-electron chi connectivity index (χ2n) is 6.75. The Labute approximate surface area is 162 Å². The van der Waals surface area contributed by atoms with E-state index in [1.54, 1.807) is 0 Å². The minimum Gasteiger partial charge on any atom is -0.481 e. The van der Waals surface area contributed by atoms with Gasteiger partial charge in [0.05, 0.1) is 24.4 Å². The number of rotatable bonds is 13. The van der Waals surface area contributed by atoms with Crippen molar-refractivity contribution in [3.05, 3.63) is 48.6 Å². The van der Waals surface area contributed by atoms with Gasteiger partial charge in [0.15, 0.2) is 0 Å². The number of aliphatic hydroxyl groups excluding tert-OH is 2. The summed E-state index contributed by atoms with van der Waals surface area (Å²) in [6, 6.07) is 0. The van der Waals surface area contributed by atoms with Gasteiger partial charge in [-0.1, -0.05) is 55.5 Å².